The molecule has 0 saturated heterocycles. The Labute approximate surface area is 186 Å². The summed E-state index contributed by atoms with van der Waals surface area (Å²) in [5.74, 6) is -0.471. The third-order valence-corrected chi connectivity index (χ3v) is 5.07. The summed E-state index contributed by atoms with van der Waals surface area (Å²) in [7, 11) is 1.63. The van der Waals surface area contributed by atoms with E-state index in [2.05, 4.69) is 15.6 Å². The van der Waals surface area contributed by atoms with Crippen molar-refractivity contribution in [2.75, 3.05) is 19.1 Å². The number of rotatable bonds is 10. The number of ether oxygens (including phenoxy) is 1. The van der Waals surface area contributed by atoms with Gasteiger partial charge in [0.25, 0.3) is 5.91 Å². The molecule has 0 aliphatic carbocycles. The van der Waals surface area contributed by atoms with Crippen molar-refractivity contribution < 1.29 is 24.5 Å². The molecule has 3 N–H and O–H groups in total. The smallest absolute Gasteiger partial charge is 0.303 e. The number of carbonyl (C=O) groups is 2. The molecule has 0 saturated carbocycles. The number of phenolic OH excluding ortho intramolecular Hbond substituents is 1. The molecule has 1 aliphatic rings. The van der Waals surface area contributed by atoms with Crippen LogP contribution in [0.3, 0.4) is 0 Å². The van der Waals surface area contributed by atoms with E-state index < -0.39 is 11.9 Å². The first kappa shape index (κ1) is 22.8. The monoisotopic (exact) mass is 438 g/mol. The number of hydrogen-bond donors (Lipinski definition) is 3. The first-order valence-corrected chi connectivity index (χ1v) is 10.3. The van der Waals surface area contributed by atoms with Gasteiger partial charge in [-0.15, -0.1) is 0 Å². The maximum absolute atomic E-state index is 12.5. The molecule has 0 radical (unpaired) electrons. The second kappa shape index (κ2) is 10.4. The largest absolute Gasteiger partial charge is 0.505 e. The second-order valence-electron chi connectivity index (χ2n) is 7.31. The Morgan fingerprint density at radius 2 is 1.88 bits per heavy atom. The number of aliphatic carboxylic acids is 1. The predicted octanol–water partition coefficient (Wildman–Crippen LogP) is 3.04. The van der Waals surface area contributed by atoms with E-state index in [0.717, 1.165) is 16.9 Å². The van der Waals surface area contributed by atoms with Crippen molar-refractivity contribution in [3.05, 3.63) is 53.6 Å². The summed E-state index contributed by atoms with van der Waals surface area (Å²) in [6.45, 7) is 1.85. The number of benzene rings is 2. The molecule has 2 aromatic rings. The molecule has 9 heteroatoms. The summed E-state index contributed by atoms with van der Waals surface area (Å²) >= 11 is 0. The average molecular weight is 438 g/mol. The number of aryl methyl sites for hydroxylation is 2. The summed E-state index contributed by atoms with van der Waals surface area (Å²) < 4.78 is 5.38. The van der Waals surface area contributed by atoms with Crippen LogP contribution in [0.5, 0.6) is 11.5 Å². The molecule has 0 fully saturated rings. The van der Waals surface area contributed by atoms with E-state index in [9.17, 15) is 14.7 Å². The zero-order valence-corrected chi connectivity index (χ0v) is 18.0. The summed E-state index contributed by atoms with van der Waals surface area (Å²) in [6.07, 6.45) is 1.53. The van der Waals surface area contributed by atoms with Crippen molar-refractivity contribution in [1.29, 1.82) is 0 Å². The number of nitrogens with zero attached hydrogens (tertiary/aromatic N) is 3. The van der Waals surface area contributed by atoms with Gasteiger partial charge in [-0.1, -0.05) is 30.3 Å². The molecule has 168 valence electrons. The number of carboxylic acids is 1. The topological polar surface area (TPSA) is 124 Å². The van der Waals surface area contributed by atoms with Crippen molar-refractivity contribution in [2.24, 2.45) is 10.2 Å². The van der Waals surface area contributed by atoms with Gasteiger partial charge in [0.15, 0.2) is 5.71 Å². The van der Waals surface area contributed by atoms with Crippen LogP contribution in [0.15, 0.2) is 52.7 Å². The van der Waals surface area contributed by atoms with Gasteiger partial charge in [0, 0.05) is 13.0 Å². The molecule has 0 unspecified atom stereocenters. The molecule has 3 rings (SSSR count). The second-order valence-corrected chi connectivity index (χ2v) is 7.31. The van der Waals surface area contributed by atoms with Gasteiger partial charge in [0.2, 0.25) is 0 Å². The number of carbonyl (C=O) groups excluding carboxylic acids is 1. The van der Waals surface area contributed by atoms with E-state index in [1.807, 2.05) is 30.3 Å². The van der Waals surface area contributed by atoms with Crippen LogP contribution in [0.25, 0.3) is 0 Å². The van der Waals surface area contributed by atoms with Gasteiger partial charge in [-0.25, -0.2) is 5.01 Å². The van der Waals surface area contributed by atoms with Crippen LogP contribution in [0.4, 0.5) is 5.69 Å². The first-order chi connectivity index (χ1) is 15.4. The zero-order valence-electron chi connectivity index (χ0n) is 18.0. The fourth-order valence-corrected chi connectivity index (χ4v) is 3.39. The molecule has 1 amide bonds. The van der Waals surface area contributed by atoms with E-state index in [1.54, 1.807) is 26.2 Å². The zero-order chi connectivity index (χ0) is 23.1. The van der Waals surface area contributed by atoms with Crippen molar-refractivity contribution >= 4 is 29.0 Å². The quantitative estimate of drug-likeness (QED) is 0.387. The van der Waals surface area contributed by atoms with Crippen LogP contribution < -0.4 is 10.2 Å². The highest BCUT2D eigenvalue weighted by atomic mass is 16.5. The molecule has 0 spiro atoms. The number of nitrogens with one attached hydrogen (secondary N) is 1. The fraction of sp³-hybridized carbons (Fsp3) is 0.304. The Morgan fingerprint density at radius 3 is 2.62 bits per heavy atom. The van der Waals surface area contributed by atoms with Crippen molar-refractivity contribution in [1.82, 2.24) is 5.01 Å². The minimum absolute atomic E-state index is 0.0431. The van der Waals surface area contributed by atoms with Gasteiger partial charge in [0.1, 0.15) is 11.5 Å². The number of methoxy groups -OCH3 is 1. The number of phenols is 1. The number of hydrazone groups is 2. The van der Waals surface area contributed by atoms with Gasteiger partial charge in [0.05, 0.1) is 18.5 Å². The van der Waals surface area contributed by atoms with Gasteiger partial charge in [-0.05, 0) is 49.4 Å². The summed E-state index contributed by atoms with van der Waals surface area (Å²) in [6, 6.07) is 13.0. The molecule has 1 aliphatic heterocycles. The highest BCUT2D eigenvalue weighted by Gasteiger charge is 2.29. The maximum atomic E-state index is 12.5. The molecular formula is C23H26N4O5. The van der Waals surface area contributed by atoms with E-state index in [0.29, 0.717) is 30.7 Å². The predicted molar refractivity (Wildman–Crippen MR) is 121 cm³/mol. The number of aromatic hydroxyl groups is 1. The summed E-state index contributed by atoms with van der Waals surface area (Å²) in [4.78, 5) is 23.2. The molecule has 1 heterocycles. The lowest BCUT2D eigenvalue weighted by atomic mass is 10.0. The van der Waals surface area contributed by atoms with Gasteiger partial charge < -0.3 is 14.9 Å². The third kappa shape index (κ3) is 5.42. The molecular weight excluding hydrogens is 412 g/mol. The van der Waals surface area contributed by atoms with Gasteiger partial charge in [-0.3, -0.25) is 15.0 Å². The van der Waals surface area contributed by atoms with E-state index in [4.69, 9.17) is 9.84 Å². The minimum Gasteiger partial charge on any atom is -0.505 e. The Bertz CT molecular complexity index is 1060. The van der Waals surface area contributed by atoms with Gasteiger partial charge in [-0.2, -0.15) is 10.2 Å². The summed E-state index contributed by atoms with van der Waals surface area (Å²) in [5, 5.41) is 28.9. The van der Waals surface area contributed by atoms with Crippen LogP contribution in [-0.2, 0) is 22.4 Å². The lowest BCUT2D eigenvalue weighted by molar-refractivity contribution is -0.137. The Hall–Kier alpha value is -3.88. The number of anilines is 1. The highest BCUT2D eigenvalue weighted by molar-refractivity contribution is 6.68. The molecule has 0 atom stereocenters. The minimum atomic E-state index is -0.922. The number of hydrogen-bond acceptors (Lipinski definition) is 7. The highest BCUT2D eigenvalue weighted by Crippen LogP contribution is 2.29. The molecule has 32 heavy (non-hydrogen) atoms. The van der Waals surface area contributed by atoms with Gasteiger partial charge >= 0.3 is 5.97 Å². The normalized spacial score (nSPS) is 14.6. The third-order valence-electron chi connectivity index (χ3n) is 5.07. The molecule has 0 aromatic heterocycles. The van der Waals surface area contributed by atoms with Crippen LogP contribution >= 0.6 is 0 Å². The van der Waals surface area contributed by atoms with Crippen molar-refractivity contribution in [3.8, 4) is 11.5 Å². The number of para-hydroxylation sites is 2. The molecule has 9 nitrogen and oxygen atoms in total. The standard InChI is InChI=1S/C23H26N4O5/c1-15-21(23(31)27(26-15)14-6-11-20(28)29)25-24-18-9-5-8-17(22(18)30)13-12-16-7-3-4-10-19(16)32-2/h3-5,7-10,24,30H,6,11-14H2,1-2H3,(H,28,29)/b25-21-. The lowest BCUT2D eigenvalue weighted by Gasteiger charge is -2.12. The average Bonchev–Trinajstić information content (AvgIpc) is 3.04. The summed E-state index contributed by atoms with van der Waals surface area (Å²) in [5.41, 5.74) is 5.46. The van der Waals surface area contributed by atoms with E-state index >= 15 is 0 Å². The molecule has 2 aromatic carbocycles. The van der Waals surface area contributed by atoms with Crippen LogP contribution in [-0.4, -0.2) is 52.2 Å². The van der Waals surface area contributed by atoms with Crippen molar-refractivity contribution in [2.45, 2.75) is 32.6 Å². The SMILES string of the molecule is COc1ccccc1CCc1cccc(N/N=C2\C(=O)N(CCCC(=O)O)N=C2C)c1O. The Balaban J connectivity index is 1.67. The lowest BCUT2D eigenvalue weighted by Crippen LogP contribution is -2.29. The first-order valence-electron chi connectivity index (χ1n) is 10.3. The van der Waals surface area contributed by atoms with Crippen LogP contribution in [0, 0.1) is 0 Å². The fourth-order valence-electron chi connectivity index (χ4n) is 3.39. The van der Waals surface area contributed by atoms with Crippen LogP contribution in [0.1, 0.15) is 30.9 Å². The van der Waals surface area contributed by atoms with E-state index in [1.165, 1.54) is 5.01 Å². The van der Waals surface area contributed by atoms with E-state index in [-0.39, 0.29) is 24.4 Å². The number of carboxylic acid groups (broad SMARTS) is 1. The molecule has 0 bridgehead atoms. The van der Waals surface area contributed by atoms with Crippen LogP contribution in [0.2, 0.25) is 0 Å². The number of amides is 1. The Kier molecular flexibility index (Phi) is 7.43. The van der Waals surface area contributed by atoms with Crippen molar-refractivity contribution in [3.63, 3.8) is 0 Å². The maximum Gasteiger partial charge on any atom is 0.303 e. The Morgan fingerprint density at radius 1 is 1.16 bits per heavy atom.